The third-order valence-corrected chi connectivity index (χ3v) is 2.73. The van der Waals surface area contributed by atoms with Gasteiger partial charge in [-0.15, -0.1) is 0 Å². The minimum atomic E-state index is -0.655. The molecule has 1 unspecified atom stereocenters. The topological polar surface area (TPSA) is 88.4 Å². The molecule has 1 atom stereocenters. The number of hydrogen-bond donors (Lipinski definition) is 1. The van der Waals surface area contributed by atoms with Gasteiger partial charge in [0.05, 0.1) is 18.7 Å². The van der Waals surface area contributed by atoms with Gasteiger partial charge in [0.2, 0.25) is 0 Å². The Morgan fingerprint density at radius 3 is 2.64 bits per heavy atom. The van der Waals surface area contributed by atoms with Gasteiger partial charge < -0.3 is 14.8 Å². The molecule has 6 heteroatoms. The number of carbonyl (C=O) groups is 2. The first-order valence-electron chi connectivity index (χ1n) is 6.76. The molecule has 0 saturated heterocycles. The first-order chi connectivity index (χ1) is 10.6. The van der Waals surface area contributed by atoms with Crippen molar-refractivity contribution in [2.24, 2.45) is 0 Å². The number of benzene rings is 1. The van der Waals surface area contributed by atoms with Crippen LogP contribution in [0.1, 0.15) is 18.9 Å². The lowest BCUT2D eigenvalue weighted by molar-refractivity contribution is -0.134. The molecule has 0 radical (unpaired) electrons. The zero-order valence-corrected chi connectivity index (χ0v) is 12.5. The highest BCUT2D eigenvalue weighted by atomic mass is 16.5. The number of esters is 1. The van der Waals surface area contributed by atoms with Crippen LogP contribution in [0.4, 0.5) is 0 Å². The Hall–Kier alpha value is -2.81. The van der Waals surface area contributed by atoms with Crippen LogP contribution in [-0.4, -0.2) is 31.6 Å². The molecule has 1 amide bonds. The lowest BCUT2D eigenvalue weighted by atomic mass is 10.2. The lowest BCUT2D eigenvalue weighted by Gasteiger charge is -2.14. The molecule has 0 spiro atoms. The van der Waals surface area contributed by atoms with Crippen molar-refractivity contribution in [3.8, 4) is 11.8 Å². The van der Waals surface area contributed by atoms with E-state index in [9.17, 15) is 9.59 Å². The van der Waals surface area contributed by atoms with Crippen molar-refractivity contribution in [3.63, 3.8) is 0 Å². The summed E-state index contributed by atoms with van der Waals surface area (Å²) in [7, 11) is 1.30. The standard InChI is InChI=1S/C16H18N2O4/c1-12(22-14-8-6-13(11-17)7-9-14)16(20)18-10-4-3-5-15(19)21-2/h3,5-9,12H,4,10H2,1-2H3,(H,18,20)/b5-3+. The van der Waals surface area contributed by atoms with Gasteiger partial charge in [0.1, 0.15) is 5.75 Å². The van der Waals surface area contributed by atoms with Crippen molar-refractivity contribution < 1.29 is 19.1 Å². The Kier molecular flexibility index (Phi) is 7.20. The quantitative estimate of drug-likeness (QED) is 0.469. The van der Waals surface area contributed by atoms with Crippen LogP contribution in [-0.2, 0) is 14.3 Å². The van der Waals surface area contributed by atoms with E-state index in [0.29, 0.717) is 24.3 Å². The molecule has 1 aromatic carbocycles. The van der Waals surface area contributed by atoms with Crippen molar-refractivity contribution in [2.75, 3.05) is 13.7 Å². The average molecular weight is 302 g/mol. The molecule has 22 heavy (non-hydrogen) atoms. The van der Waals surface area contributed by atoms with Crippen molar-refractivity contribution in [2.45, 2.75) is 19.4 Å². The molecule has 1 aromatic rings. The summed E-state index contributed by atoms with van der Waals surface area (Å²) in [5.41, 5.74) is 0.529. The average Bonchev–Trinajstić information content (AvgIpc) is 2.54. The minimum absolute atomic E-state index is 0.254. The fourth-order valence-corrected chi connectivity index (χ4v) is 1.54. The van der Waals surface area contributed by atoms with Crippen LogP contribution in [0.2, 0.25) is 0 Å². The first-order valence-corrected chi connectivity index (χ1v) is 6.76. The molecule has 0 aliphatic heterocycles. The second kappa shape index (κ2) is 9.19. The van der Waals surface area contributed by atoms with E-state index in [1.165, 1.54) is 13.2 Å². The first kappa shape index (κ1) is 17.2. The molecule has 6 nitrogen and oxygen atoms in total. The van der Waals surface area contributed by atoms with E-state index < -0.39 is 12.1 Å². The monoisotopic (exact) mass is 302 g/mol. The predicted octanol–water partition coefficient (Wildman–Crippen LogP) is 1.56. The predicted molar refractivity (Wildman–Crippen MR) is 80.0 cm³/mol. The normalized spacial score (nSPS) is 11.5. The number of nitrogens with zero attached hydrogens (tertiary/aromatic N) is 1. The van der Waals surface area contributed by atoms with Gasteiger partial charge in [-0.1, -0.05) is 6.08 Å². The summed E-state index contributed by atoms with van der Waals surface area (Å²) in [6.07, 6.45) is 2.79. The van der Waals surface area contributed by atoms with Gasteiger partial charge >= 0.3 is 5.97 Å². The molecule has 0 aromatic heterocycles. The Balaban J connectivity index is 2.34. The highest BCUT2D eigenvalue weighted by molar-refractivity contribution is 5.82. The molecule has 0 bridgehead atoms. The highest BCUT2D eigenvalue weighted by Gasteiger charge is 2.13. The van der Waals surface area contributed by atoms with E-state index in [2.05, 4.69) is 10.1 Å². The highest BCUT2D eigenvalue weighted by Crippen LogP contribution is 2.13. The maximum absolute atomic E-state index is 11.8. The van der Waals surface area contributed by atoms with Gasteiger partial charge in [0.25, 0.3) is 5.91 Å². The Bertz CT molecular complexity index is 573. The second-order valence-corrected chi connectivity index (χ2v) is 4.40. The molecule has 0 aliphatic rings. The fourth-order valence-electron chi connectivity index (χ4n) is 1.54. The van der Waals surface area contributed by atoms with Crippen LogP contribution in [0.5, 0.6) is 5.75 Å². The zero-order chi connectivity index (χ0) is 16.4. The van der Waals surface area contributed by atoms with Gasteiger partial charge in [-0.05, 0) is 37.6 Å². The number of methoxy groups -OCH3 is 1. The van der Waals surface area contributed by atoms with Crippen LogP contribution in [0.3, 0.4) is 0 Å². The van der Waals surface area contributed by atoms with E-state index >= 15 is 0 Å². The SMILES string of the molecule is COC(=O)/C=C/CCNC(=O)C(C)Oc1ccc(C#N)cc1. The van der Waals surface area contributed by atoms with Crippen LogP contribution in [0, 0.1) is 11.3 Å². The van der Waals surface area contributed by atoms with Crippen LogP contribution < -0.4 is 10.1 Å². The Morgan fingerprint density at radius 1 is 1.36 bits per heavy atom. The van der Waals surface area contributed by atoms with E-state index in [-0.39, 0.29) is 5.91 Å². The van der Waals surface area contributed by atoms with Crippen molar-refractivity contribution in [3.05, 3.63) is 42.0 Å². The Labute approximate surface area is 129 Å². The summed E-state index contributed by atoms with van der Waals surface area (Å²) in [5, 5.41) is 11.4. The molecule has 0 fully saturated rings. The minimum Gasteiger partial charge on any atom is -0.481 e. The maximum atomic E-state index is 11.8. The van der Waals surface area contributed by atoms with Crippen molar-refractivity contribution in [1.82, 2.24) is 5.32 Å². The smallest absolute Gasteiger partial charge is 0.330 e. The van der Waals surface area contributed by atoms with Crippen LogP contribution >= 0.6 is 0 Å². The summed E-state index contributed by atoms with van der Waals surface area (Å²) < 4.78 is 9.92. The molecule has 116 valence electrons. The molecule has 0 aliphatic carbocycles. The third kappa shape index (κ3) is 6.09. The number of carbonyl (C=O) groups excluding carboxylic acids is 2. The van der Waals surface area contributed by atoms with Crippen LogP contribution in [0.25, 0.3) is 0 Å². The maximum Gasteiger partial charge on any atom is 0.330 e. The summed E-state index contributed by atoms with van der Waals surface area (Å²) in [6.45, 7) is 2.03. The largest absolute Gasteiger partial charge is 0.481 e. The number of nitriles is 1. The lowest BCUT2D eigenvalue weighted by Crippen LogP contribution is -2.36. The van der Waals surface area contributed by atoms with Gasteiger partial charge in [0.15, 0.2) is 6.10 Å². The van der Waals surface area contributed by atoms with E-state index in [4.69, 9.17) is 10.00 Å². The van der Waals surface area contributed by atoms with Gasteiger partial charge in [-0.3, -0.25) is 4.79 Å². The number of ether oxygens (including phenoxy) is 2. The van der Waals surface area contributed by atoms with E-state index in [0.717, 1.165) is 0 Å². The van der Waals surface area contributed by atoms with Crippen molar-refractivity contribution in [1.29, 1.82) is 5.26 Å². The number of hydrogen-bond acceptors (Lipinski definition) is 5. The second-order valence-electron chi connectivity index (χ2n) is 4.40. The van der Waals surface area contributed by atoms with Gasteiger partial charge in [0, 0.05) is 12.6 Å². The molecular formula is C16H18N2O4. The molecular weight excluding hydrogens is 284 g/mol. The molecule has 1 N–H and O–H groups in total. The van der Waals surface area contributed by atoms with Crippen molar-refractivity contribution >= 4 is 11.9 Å². The summed E-state index contributed by atoms with van der Waals surface area (Å²) in [6, 6.07) is 8.53. The van der Waals surface area contributed by atoms with Crippen LogP contribution in [0.15, 0.2) is 36.4 Å². The summed E-state index contributed by atoms with van der Waals surface area (Å²) >= 11 is 0. The Morgan fingerprint density at radius 2 is 2.05 bits per heavy atom. The number of amides is 1. The van der Waals surface area contributed by atoms with E-state index in [1.54, 1.807) is 37.3 Å². The van der Waals surface area contributed by atoms with Gasteiger partial charge in [-0.2, -0.15) is 5.26 Å². The number of nitrogens with one attached hydrogen (secondary N) is 1. The molecule has 0 saturated carbocycles. The summed E-state index contributed by atoms with van der Waals surface area (Å²) in [4.78, 5) is 22.6. The van der Waals surface area contributed by atoms with Gasteiger partial charge in [-0.25, -0.2) is 4.79 Å². The fraction of sp³-hybridized carbons (Fsp3) is 0.312. The number of rotatable bonds is 7. The zero-order valence-electron chi connectivity index (χ0n) is 12.5. The summed E-state index contributed by atoms with van der Waals surface area (Å²) in [5.74, 6) is -0.160. The third-order valence-electron chi connectivity index (χ3n) is 2.73. The molecule has 0 heterocycles. The molecule has 1 rings (SSSR count). The van der Waals surface area contributed by atoms with E-state index in [1.807, 2.05) is 6.07 Å².